The monoisotopic (exact) mass is 176 g/mol. The summed E-state index contributed by atoms with van der Waals surface area (Å²) in [5.74, 6) is 0.528. The molecule has 1 N–H and O–H groups in total. The molecule has 1 aliphatic rings. The van der Waals surface area contributed by atoms with Crippen LogP contribution in [0.25, 0.3) is 0 Å². The number of hydrogen-bond donors (Lipinski definition) is 1. The zero-order valence-corrected chi connectivity index (χ0v) is 8.05. The summed E-state index contributed by atoms with van der Waals surface area (Å²) in [6.07, 6.45) is 6.15. The van der Waals surface area contributed by atoms with E-state index in [2.05, 4.69) is 0 Å². The third kappa shape index (κ3) is 2.61. The lowest BCUT2D eigenvalue weighted by molar-refractivity contribution is 0.340. The van der Waals surface area contributed by atoms with Gasteiger partial charge in [-0.15, -0.1) is 0 Å². The Balaban J connectivity index is 2.38. The Morgan fingerprint density at radius 3 is 2.36 bits per heavy atom. The lowest BCUT2D eigenvalue weighted by Crippen LogP contribution is -2.16. The molecule has 0 heterocycles. The van der Waals surface area contributed by atoms with Gasteiger partial charge in [0, 0.05) is 5.66 Å². The molecule has 0 aromatic heterocycles. The molecule has 2 unspecified atom stereocenters. The van der Waals surface area contributed by atoms with Crippen molar-refractivity contribution in [3.05, 3.63) is 0 Å². The highest BCUT2D eigenvalue weighted by atomic mass is 31.1. The van der Waals surface area contributed by atoms with Gasteiger partial charge in [0.25, 0.3) is 0 Å². The fraction of sp³-hybridized carbons (Fsp3) is 1.00. The van der Waals surface area contributed by atoms with Crippen molar-refractivity contribution in [2.75, 3.05) is 0 Å². The van der Waals surface area contributed by atoms with Gasteiger partial charge in [-0.1, -0.05) is 26.2 Å². The van der Waals surface area contributed by atoms with Gasteiger partial charge in [-0.3, -0.25) is 4.57 Å². The van der Waals surface area contributed by atoms with Crippen LogP contribution < -0.4 is 0 Å². The smallest absolute Gasteiger partial charge is 0.192 e. The molecule has 0 bridgehead atoms. The van der Waals surface area contributed by atoms with Crippen molar-refractivity contribution in [1.82, 2.24) is 0 Å². The minimum atomic E-state index is -2.26. The molecule has 1 saturated carbocycles. The Kier molecular flexibility index (Phi) is 3.61. The van der Waals surface area contributed by atoms with Gasteiger partial charge in [-0.25, -0.2) is 0 Å². The second-order valence-corrected chi connectivity index (χ2v) is 5.11. The molecule has 1 aliphatic carbocycles. The van der Waals surface area contributed by atoms with Gasteiger partial charge in [0.2, 0.25) is 0 Å². The standard InChI is InChI=1S/C8H17O2P/c1-7(11(9)10)8-5-3-2-4-6-8/h7-8,11H,2-6H2,1H3,(H,9,10). The molecule has 0 aromatic carbocycles. The Morgan fingerprint density at radius 1 is 1.36 bits per heavy atom. The molecular formula is C8H17O2P. The minimum absolute atomic E-state index is 0.0558. The maximum atomic E-state index is 10.8. The van der Waals surface area contributed by atoms with Gasteiger partial charge in [-0.2, -0.15) is 0 Å². The summed E-state index contributed by atoms with van der Waals surface area (Å²) in [6, 6.07) is 0. The molecule has 0 amide bonds. The SMILES string of the molecule is CC(C1CCCCC1)[PH](=O)O. The Labute approximate surface area is 68.9 Å². The molecule has 1 rings (SSSR count). The summed E-state index contributed by atoms with van der Waals surface area (Å²) in [6.45, 7) is 1.91. The van der Waals surface area contributed by atoms with Gasteiger partial charge in [0.15, 0.2) is 8.03 Å². The topological polar surface area (TPSA) is 37.3 Å². The lowest BCUT2D eigenvalue weighted by Gasteiger charge is -2.25. The first-order valence-electron chi connectivity index (χ1n) is 4.44. The summed E-state index contributed by atoms with van der Waals surface area (Å²) in [7, 11) is -2.26. The molecule has 0 spiro atoms. The van der Waals surface area contributed by atoms with E-state index in [1.165, 1.54) is 19.3 Å². The van der Waals surface area contributed by atoms with Crippen molar-refractivity contribution >= 4 is 8.03 Å². The quantitative estimate of drug-likeness (QED) is 0.656. The van der Waals surface area contributed by atoms with E-state index in [4.69, 9.17) is 4.89 Å². The summed E-state index contributed by atoms with van der Waals surface area (Å²) in [5.41, 5.74) is 0.0558. The Morgan fingerprint density at radius 2 is 1.91 bits per heavy atom. The van der Waals surface area contributed by atoms with Gasteiger partial charge in [0.1, 0.15) is 0 Å². The molecule has 1 fully saturated rings. The maximum absolute atomic E-state index is 10.8. The second-order valence-electron chi connectivity index (χ2n) is 3.53. The van der Waals surface area contributed by atoms with Gasteiger partial charge in [0.05, 0.1) is 0 Å². The summed E-state index contributed by atoms with van der Waals surface area (Å²) in [5, 5.41) is 0. The van der Waals surface area contributed by atoms with Crippen molar-refractivity contribution in [2.45, 2.75) is 44.7 Å². The van der Waals surface area contributed by atoms with E-state index in [0.717, 1.165) is 12.8 Å². The summed E-state index contributed by atoms with van der Waals surface area (Å²) in [4.78, 5) is 8.92. The predicted octanol–water partition coefficient (Wildman–Crippen LogP) is 2.42. The van der Waals surface area contributed by atoms with Crippen LogP contribution in [0.15, 0.2) is 0 Å². The van der Waals surface area contributed by atoms with Crippen LogP contribution in [0.4, 0.5) is 0 Å². The van der Waals surface area contributed by atoms with Gasteiger partial charge >= 0.3 is 0 Å². The first kappa shape index (κ1) is 9.28. The predicted molar refractivity (Wildman–Crippen MR) is 47.3 cm³/mol. The highest BCUT2D eigenvalue weighted by Crippen LogP contribution is 2.36. The number of hydrogen-bond acceptors (Lipinski definition) is 1. The van der Waals surface area contributed by atoms with Crippen LogP contribution >= 0.6 is 8.03 Å². The van der Waals surface area contributed by atoms with E-state index < -0.39 is 8.03 Å². The average molecular weight is 176 g/mol. The fourth-order valence-corrected chi connectivity index (χ4v) is 2.57. The maximum Gasteiger partial charge on any atom is 0.192 e. The van der Waals surface area contributed by atoms with Crippen molar-refractivity contribution in [1.29, 1.82) is 0 Å². The molecule has 11 heavy (non-hydrogen) atoms. The third-order valence-corrected chi connectivity index (χ3v) is 4.00. The van der Waals surface area contributed by atoms with E-state index in [-0.39, 0.29) is 5.66 Å². The van der Waals surface area contributed by atoms with Crippen molar-refractivity contribution in [3.63, 3.8) is 0 Å². The first-order valence-corrected chi connectivity index (χ1v) is 5.88. The number of rotatable bonds is 2. The van der Waals surface area contributed by atoms with E-state index in [1.54, 1.807) is 0 Å². The van der Waals surface area contributed by atoms with E-state index >= 15 is 0 Å². The third-order valence-electron chi connectivity index (χ3n) is 2.75. The molecule has 66 valence electrons. The Bertz CT molecular complexity index is 141. The summed E-state index contributed by atoms with van der Waals surface area (Å²) < 4.78 is 10.8. The van der Waals surface area contributed by atoms with Crippen molar-refractivity contribution < 1.29 is 9.46 Å². The molecule has 2 atom stereocenters. The van der Waals surface area contributed by atoms with Crippen LogP contribution in [0.2, 0.25) is 0 Å². The highest BCUT2D eigenvalue weighted by molar-refractivity contribution is 7.38. The fourth-order valence-electron chi connectivity index (χ4n) is 1.84. The molecular weight excluding hydrogens is 159 g/mol. The van der Waals surface area contributed by atoms with E-state index in [1.807, 2.05) is 6.92 Å². The van der Waals surface area contributed by atoms with Crippen molar-refractivity contribution in [3.8, 4) is 0 Å². The van der Waals surface area contributed by atoms with Gasteiger partial charge in [-0.05, 0) is 18.8 Å². The van der Waals surface area contributed by atoms with E-state index in [9.17, 15) is 4.57 Å². The van der Waals surface area contributed by atoms with Crippen LogP contribution in [0, 0.1) is 5.92 Å². The average Bonchev–Trinajstić information content (AvgIpc) is 2.05. The van der Waals surface area contributed by atoms with Crippen LogP contribution in [0.3, 0.4) is 0 Å². The zero-order chi connectivity index (χ0) is 8.27. The van der Waals surface area contributed by atoms with Crippen LogP contribution in [-0.2, 0) is 4.57 Å². The van der Waals surface area contributed by atoms with Crippen LogP contribution in [-0.4, -0.2) is 10.6 Å². The summed E-state index contributed by atoms with van der Waals surface area (Å²) >= 11 is 0. The molecule has 0 saturated heterocycles. The molecule has 3 heteroatoms. The normalized spacial score (nSPS) is 26.4. The van der Waals surface area contributed by atoms with Crippen LogP contribution in [0.5, 0.6) is 0 Å². The lowest BCUT2D eigenvalue weighted by atomic mass is 9.87. The molecule has 0 aliphatic heterocycles. The first-order chi connectivity index (χ1) is 5.22. The van der Waals surface area contributed by atoms with E-state index in [0.29, 0.717) is 5.92 Å². The second kappa shape index (κ2) is 4.27. The zero-order valence-electron chi connectivity index (χ0n) is 7.05. The minimum Gasteiger partial charge on any atom is -0.346 e. The highest BCUT2D eigenvalue weighted by Gasteiger charge is 2.22. The van der Waals surface area contributed by atoms with Gasteiger partial charge < -0.3 is 4.89 Å². The van der Waals surface area contributed by atoms with Crippen molar-refractivity contribution in [2.24, 2.45) is 5.92 Å². The molecule has 2 nitrogen and oxygen atoms in total. The molecule has 0 aromatic rings. The molecule has 0 radical (unpaired) electrons. The Hall–Kier alpha value is 0.190. The largest absolute Gasteiger partial charge is 0.346 e. The van der Waals surface area contributed by atoms with Crippen LogP contribution in [0.1, 0.15) is 39.0 Å².